The minimum absolute atomic E-state index is 0.0615. The topological polar surface area (TPSA) is 122 Å². The highest BCUT2D eigenvalue weighted by Gasteiger charge is 2.23. The number of nitro groups is 1. The van der Waals surface area contributed by atoms with Crippen molar-refractivity contribution in [3.8, 4) is 0 Å². The molecule has 1 aliphatic rings. The lowest BCUT2D eigenvalue weighted by atomic mass is 10.3. The summed E-state index contributed by atoms with van der Waals surface area (Å²) in [5.74, 6) is 0.367. The molecule has 1 heterocycles. The second-order valence-corrected chi connectivity index (χ2v) is 4.73. The van der Waals surface area contributed by atoms with Crippen LogP contribution in [0.5, 0.6) is 0 Å². The van der Waals surface area contributed by atoms with Crippen LogP contribution >= 0.6 is 0 Å². The summed E-state index contributed by atoms with van der Waals surface area (Å²) in [5, 5.41) is 19.5. The molecule has 114 valence electrons. The van der Waals surface area contributed by atoms with Crippen molar-refractivity contribution >= 4 is 23.4 Å². The van der Waals surface area contributed by atoms with Crippen LogP contribution in [0.4, 0.5) is 17.5 Å². The van der Waals surface area contributed by atoms with Crippen molar-refractivity contribution in [3.05, 3.63) is 16.3 Å². The summed E-state index contributed by atoms with van der Waals surface area (Å²) in [6.07, 6.45) is 3.46. The van der Waals surface area contributed by atoms with Crippen molar-refractivity contribution in [3.63, 3.8) is 0 Å². The maximum Gasteiger partial charge on any atom is 0.329 e. The zero-order valence-corrected chi connectivity index (χ0v) is 11.8. The molecular weight excluding hydrogens is 276 g/mol. The Morgan fingerprint density at radius 1 is 1.48 bits per heavy atom. The van der Waals surface area contributed by atoms with Crippen molar-refractivity contribution in [1.29, 1.82) is 0 Å². The van der Waals surface area contributed by atoms with Gasteiger partial charge in [-0.2, -0.15) is 4.98 Å². The van der Waals surface area contributed by atoms with Crippen LogP contribution in [0, 0.1) is 10.1 Å². The van der Waals surface area contributed by atoms with Gasteiger partial charge in [0.25, 0.3) is 0 Å². The third-order valence-corrected chi connectivity index (χ3v) is 2.89. The molecule has 0 aliphatic heterocycles. The Bertz CT molecular complexity index is 532. The van der Waals surface area contributed by atoms with E-state index in [1.165, 1.54) is 0 Å². The summed E-state index contributed by atoms with van der Waals surface area (Å²) >= 11 is 0. The van der Waals surface area contributed by atoms with Gasteiger partial charge in [-0.05, 0) is 19.8 Å². The van der Waals surface area contributed by atoms with E-state index in [0.29, 0.717) is 18.5 Å². The van der Waals surface area contributed by atoms with Crippen LogP contribution in [-0.4, -0.2) is 39.9 Å². The van der Waals surface area contributed by atoms with Crippen molar-refractivity contribution in [2.24, 2.45) is 0 Å². The second kappa shape index (κ2) is 6.82. The van der Waals surface area contributed by atoms with Gasteiger partial charge in [0.05, 0.1) is 4.92 Å². The molecule has 0 radical (unpaired) electrons. The maximum atomic E-state index is 11.5. The Morgan fingerprint density at radius 2 is 2.24 bits per heavy atom. The molecule has 1 aliphatic carbocycles. The number of nitrogens with one attached hydrogen (secondary N) is 3. The molecule has 9 heteroatoms. The average molecular weight is 294 g/mol. The smallest absolute Gasteiger partial charge is 0.329 e. The molecule has 3 N–H and O–H groups in total. The fraction of sp³-hybridized carbons (Fsp3) is 0.583. The molecule has 2 rings (SSSR count). The van der Waals surface area contributed by atoms with Crippen molar-refractivity contribution in [2.45, 2.75) is 32.2 Å². The van der Waals surface area contributed by atoms with E-state index in [4.69, 9.17) is 0 Å². The summed E-state index contributed by atoms with van der Waals surface area (Å²) < 4.78 is 0. The lowest BCUT2D eigenvalue weighted by Crippen LogP contribution is -2.27. The monoisotopic (exact) mass is 294 g/mol. The Labute approximate surface area is 121 Å². The number of hydrogen-bond donors (Lipinski definition) is 3. The van der Waals surface area contributed by atoms with Gasteiger partial charge in [-0.3, -0.25) is 14.9 Å². The SMILES string of the molecule is CCNc1ncc([N+](=O)[O-])c(NCCC(=O)NC2CC2)n1. The van der Waals surface area contributed by atoms with Gasteiger partial charge in [0.15, 0.2) is 0 Å². The minimum Gasteiger partial charge on any atom is -0.364 e. The summed E-state index contributed by atoms with van der Waals surface area (Å²) in [7, 11) is 0. The molecule has 0 saturated heterocycles. The third kappa shape index (κ3) is 4.55. The van der Waals surface area contributed by atoms with Gasteiger partial charge in [0, 0.05) is 25.6 Å². The largest absolute Gasteiger partial charge is 0.364 e. The van der Waals surface area contributed by atoms with Crippen LogP contribution in [-0.2, 0) is 4.79 Å². The van der Waals surface area contributed by atoms with Crippen LogP contribution in [0.2, 0.25) is 0 Å². The molecule has 0 unspecified atom stereocenters. The fourth-order valence-electron chi connectivity index (χ4n) is 1.70. The van der Waals surface area contributed by atoms with Gasteiger partial charge in [-0.25, -0.2) is 4.98 Å². The molecule has 1 aromatic rings. The quantitative estimate of drug-likeness (QED) is 0.481. The highest BCUT2D eigenvalue weighted by molar-refractivity contribution is 5.77. The van der Waals surface area contributed by atoms with Crippen LogP contribution in [0.25, 0.3) is 0 Å². The first-order valence-electron chi connectivity index (χ1n) is 6.88. The van der Waals surface area contributed by atoms with Gasteiger partial charge in [0.2, 0.25) is 17.7 Å². The van der Waals surface area contributed by atoms with E-state index in [1.807, 2.05) is 6.92 Å². The average Bonchev–Trinajstić information content (AvgIpc) is 3.23. The molecule has 1 saturated carbocycles. The predicted molar refractivity (Wildman–Crippen MR) is 77.1 cm³/mol. The fourth-order valence-corrected chi connectivity index (χ4v) is 1.70. The zero-order chi connectivity index (χ0) is 15.2. The molecular formula is C12H18N6O3. The van der Waals surface area contributed by atoms with Crippen molar-refractivity contribution < 1.29 is 9.72 Å². The van der Waals surface area contributed by atoms with Crippen LogP contribution < -0.4 is 16.0 Å². The molecule has 1 fully saturated rings. The second-order valence-electron chi connectivity index (χ2n) is 4.73. The van der Waals surface area contributed by atoms with E-state index in [9.17, 15) is 14.9 Å². The first-order chi connectivity index (χ1) is 10.1. The number of anilines is 2. The Balaban J connectivity index is 1.93. The Morgan fingerprint density at radius 3 is 2.86 bits per heavy atom. The number of carbonyl (C=O) groups is 1. The van der Waals surface area contributed by atoms with E-state index in [0.717, 1.165) is 19.0 Å². The predicted octanol–water partition coefficient (Wildman–Crippen LogP) is 0.897. The minimum atomic E-state index is -0.553. The number of hydrogen-bond acceptors (Lipinski definition) is 7. The first kappa shape index (κ1) is 14.9. The molecule has 0 aromatic carbocycles. The lowest BCUT2D eigenvalue weighted by Gasteiger charge is -2.08. The number of rotatable bonds is 8. The molecule has 0 spiro atoms. The molecule has 1 amide bonds. The van der Waals surface area contributed by atoms with Gasteiger partial charge < -0.3 is 16.0 Å². The van der Waals surface area contributed by atoms with Crippen molar-refractivity contribution in [1.82, 2.24) is 15.3 Å². The molecule has 0 bridgehead atoms. The summed E-state index contributed by atoms with van der Waals surface area (Å²) in [6, 6.07) is 0.311. The zero-order valence-electron chi connectivity index (χ0n) is 11.8. The third-order valence-electron chi connectivity index (χ3n) is 2.89. The first-order valence-corrected chi connectivity index (χ1v) is 6.88. The van der Waals surface area contributed by atoms with E-state index in [1.54, 1.807) is 0 Å². The van der Waals surface area contributed by atoms with E-state index in [2.05, 4.69) is 25.9 Å². The Kier molecular flexibility index (Phi) is 4.85. The van der Waals surface area contributed by atoms with Crippen LogP contribution in [0.3, 0.4) is 0 Å². The summed E-state index contributed by atoms with van der Waals surface area (Å²) in [6.45, 7) is 2.77. The number of aromatic nitrogens is 2. The lowest BCUT2D eigenvalue weighted by molar-refractivity contribution is -0.384. The maximum absolute atomic E-state index is 11.5. The van der Waals surface area contributed by atoms with Gasteiger partial charge in [0.1, 0.15) is 6.20 Å². The van der Waals surface area contributed by atoms with Gasteiger partial charge in [-0.15, -0.1) is 0 Å². The molecule has 0 atom stereocenters. The number of nitrogens with zero attached hydrogens (tertiary/aromatic N) is 3. The number of carbonyl (C=O) groups excluding carboxylic acids is 1. The molecule has 21 heavy (non-hydrogen) atoms. The van der Waals surface area contributed by atoms with Crippen LogP contribution in [0.15, 0.2) is 6.20 Å². The molecule has 1 aromatic heterocycles. The van der Waals surface area contributed by atoms with E-state index >= 15 is 0 Å². The Hall–Kier alpha value is -2.45. The molecule has 9 nitrogen and oxygen atoms in total. The summed E-state index contributed by atoms with van der Waals surface area (Å²) in [5.41, 5.74) is -0.209. The number of amides is 1. The van der Waals surface area contributed by atoms with Crippen LogP contribution in [0.1, 0.15) is 26.2 Å². The summed E-state index contributed by atoms with van der Waals surface area (Å²) in [4.78, 5) is 29.8. The highest BCUT2D eigenvalue weighted by atomic mass is 16.6. The van der Waals surface area contributed by atoms with Gasteiger partial charge >= 0.3 is 5.69 Å². The van der Waals surface area contributed by atoms with E-state index in [-0.39, 0.29) is 30.4 Å². The van der Waals surface area contributed by atoms with E-state index < -0.39 is 4.92 Å². The highest BCUT2D eigenvalue weighted by Crippen LogP contribution is 2.22. The normalized spacial score (nSPS) is 13.6. The van der Waals surface area contributed by atoms with Crippen molar-refractivity contribution in [2.75, 3.05) is 23.7 Å². The standard InChI is InChI=1S/C12H18N6O3/c1-2-13-12-15-7-9(18(20)21)11(17-12)14-6-5-10(19)16-8-3-4-8/h7-8H,2-6H2,1H3,(H,16,19)(H2,13,14,15,17). The van der Waals surface area contributed by atoms with Gasteiger partial charge in [-0.1, -0.05) is 0 Å².